The first kappa shape index (κ1) is 38.5. The Balaban J connectivity index is 1.10. The van der Waals surface area contributed by atoms with Crippen LogP contribution in [0.2, 0.25) is 5.02 Å². The van der Waals surface area contributed by atoms with E-state index in [-0.39, 0.29) is 102 Å². The molecule has 4 aromatic rings. The third-order valence-electron chi connectivity index (χ3n) is 13.1. The predicted molar refractivity (Wildman–Crippen MR) is 220 cm³/mol. The smallest absolute Gasteiger partial charge is 0.319 e. The van der Waals surface area contributed by atoms with Gasteiger partial charge in [-0.1, -0.05) is 36.5 Å². The van der Waals surface area contributed by atoms with Gasteiger partial charge in [-0.2, -0.15) is 15.2 Å². The molecule has 1 amide bonds. The van der Waals surface area contributed by atoms with Crippen LogP contribution >= 0.6 is 34.9 Å². The van der Waals surface area contributed by atoms with Crippen molar-refractivity contribution in [3.8, 4) is 29.0 Å². The second-order valence-corrected chi connectivity index (χ2v) is 19.5. The van der Waals surface area contributed by atoms with Crippen molar-refractivity contribution in [2.45, 2.75) is 107 Å². The fraction of sp³-hybridized carbons (Fsp3) is 0.561. The van der Waals surface area contributed by atoms with E-state index >= 15 is 8.78 Å². The number of benzene rings is 2. The highest BCUT2D eigenvalue weighted by molar-refractivity contribution is 7.97. The van der Waals surface area contributed by atoms with Crippen LogP contribution in [0.5, 0.6) is 11.8 Å². The van der Waals surface area contributed by atoms with E-state index < -0.39 is 23.3 Å². The number of carbonyl (C=O) groups excluding carboxylic acids is 1. The number of amides is 1. The van der Waals surface area contributed by atoms with Gasteiger partial charge >= 0.3 is 6.01 Å². The van der Waals surface area contributed by atoms with E-state index in [4.69, 9.17) is 36.8 Å². The Morgan fingerprint density at radius 2 is 2.05 bits per heavy atom. The number of nitriles is 1. The Kier molecular flexibility index (Phi) is 9.59. The summed E-state index contributed by atoms with van der Waals surface area (Å²) in [4.78, 5) is 27.8. The van der Waals surface area contributed by atoms with E-state index in [1.54, 1.807) is 11.9 Å². The largest absolute Gasteiger partial charge is 0.488 e. The quantitative estimate of drug-likeness (QED) is 0.127. The Labute approximate surface area is 347 Å². The molecule has 0 spiro atoms. The van der Waals surface area contributed by atoms with Crippen molar-refractivity contribution in [1.82, 2.24) is 24.5 Å². The predicted octanol–water partition coefficient (Wildman–Crippen LogP) is 7.61. The molecule has 1 saturated carbocycles. The lowest BCUT2D eigenvalue weighted by Gasteiger charge is -2.43. The second-order valence-electron chi connectivity index (χ2n) is 16.8. The maximum absolute atomic E-state index is 17.7. The highest BCUT2D eigenvalue weighted by atomic mass is 35.5. The summed E-state index contributed by atoms with van der Waals surface area (Å²) < 4.78 is 63.1. The molecule has 58 heavy (non-hydrogen) atoms. The number of ether oxygens (including phenoxy) is 2. The number of halogens is 4. The van der Waals surface area contributed by atoms with Gasteiger partial charge in [0.1, 0.15) is 47.0 Å². The molecule has 11 nitrogen and oxygen atoms in total. The van der Waals surface area contributed by atoms with E-state index in [2.05, 4.69) is 32.4 Å². The first-order chi connectivity index (χ1) is 28.0. The average Bonchev–Trinajstić information content (AvgIpc) is 4.05. The lowest BCUT2D eigenvalue weighted by Crippen LogP contribution is -2.54. The third-order valence-corrected chi connectivity index (χ3v) is 15.5. The van der Waals surface area contributed by atoms with Crippen LogP contribution in [0.25, 0.3) is 32.1 Å². The standard InChI is InChI=1S/C41H44ClF3N8O3S2/c1-3-57-53-33(20-5-6-20)34(53)39(54)48-22-7-8-23-13-19(2)56-35-29-32(31(45)28(30(35)42)24-9-10-26(44)36-27(24)25(15-46)37(47)58-36)49-40(50-38(29)52(23)17-22)55-18-41-11-4-12-51(41)16-21(43)14-41/h9-10,19-23,33-34H,3-8,11-14,16-18,47H2,1-2H3,(H,48,54)/t19?,21-,22?,23-,33?,34?,41+,53?/m1/s1. The van der Waals surface area contributed by atoms with Crippen molar-refractivity contribution in [3.63, 3.8) is 0 Å². The zero-order valence-corrected chi connectivity index (χ0v) is 34.6. The summed E-state index contributed by atoms with van der Waals surface area (Å²) in [5.41, 5.74) is 5.61. The molecule has 7 heterocycles. The molecule has 8 atom stereocenters. The van der Waals surface area contributed by atoms with Crippen LogP contribution in [0, 0.1) is 28.9 Å². The molecule has 6 aliphatic rings. The van der Waals surface area contributed by atoms with Crippen LogP contribution in [0.15, 0.2) is 12.1 Å². The van der Waals surface area contributed by atoms with Crippen molar-refractivity contribution in [3.05, 3.63) is 34.4 Å². The monoisotopic (exact) mass is 852 g/mol. The first-order valence-corrected chi connectivity index (χ1v) is 22.4. The number of rotatable bonds is 9. The van der Waals surface area contributed by atoms with Gasteiger partial charge in [-0.3, -0.25) is 9.69 Å². The summed E-state index contributed by atoms with van der Waals surface area (Å²) in [7, 11) is 0. The molecule has 5 fully saturated rings. The molecule has 0 radical (unpaired) electrons. The van der Waals surface area contributed by atoms with Crippen LogP contribution < -0.4 is 25.4 Å². The molecule has 0 bridgehead atoms. The van der Waals surface area contributed by atoms with E-state index in [1.807, 2.05) is 6.92 Å². The molecule has 17 heteroatoms. The first-order valence-electron chi connectivity index (χ1n) is 20.3. The summed E-state index contributed by atoms with van der Waals surface area (Å²) in [6.45, 7) is 5.66. The van der Waals surface area contributed by atoms with Crippen molar-refractivity contribution < 1.29 is 27.4 Å². The fourth-order valence-corrected chi connectivity index (χ4v) is 12.7. The summed E-state index contributed by atoms with van der Waals surface area (Å²) in [5, 5.41) is 13.9. The number of nitrogens with zero attached hydrogens (tertiary/aromatic N) is 6. The van der Waals surface area contributed by atoms with Crippen molar-refractivity contribution >= 4 is 72.6 Å². The topological polar surface area (TPSA) is 133 Å². The van der Waals surface area contributed by atoms with Crippen molar-refractivity contribution in [1.29, 1.82) is 5.26 Å². The summed E-state index contributed by atoms with van der Waals surface area (Å²) >= 11 is 9.87. The minimum atomic E-state index is -0.972. The van der Waals surface area contributed by atoms with Gasteiger partial charge in [0.15, 0.2) is 11.6 Å². The van der Waals surface area contributed by atoms with Gasteiger partial charge in [0.25, 0.3) is 0 Å². The molecule has 3 N–H and O–H groups in total. The van der Waals surface area contributed by atoms with Gasteiger partial charge in [-0.25, -0.2) is 17.5 Å². The second kappa shape index (κ2) is 14.5. The maximum atomic E-state index is 17.7. The SMILES string of the molecule is CCSN1C(C(=O)NC2CC[C@@H]3CC(C)Oc4c(Cl)c(-c5ccc(F)c6sc(N)c(C#N)c56)c(F)c5nc(OC[C@@]67CCCN6C[C@H](F)C7)nc(c45)N3C2)C1C1CC1. The van der Waals surface area contributed by atoms with Crippen LogP contribution in [-0.4, -0.2) is 99.1 Å². The average molecular weight is 853 g/mol. The molecule has 10 rings (SSSR count). The molecule has 5 aliphatic heterocycles. The highest BCUT2D eigenvalue weighted by Gasteiger charge is 2.59. The van der Waals surface area contributed by atoms with Crippen LogP contribution in [0.4, 0.5) is 24.0 Å². The number of nitrogens with two attached hydrogens (primary N) is 1. The number of fused-ring (bicyclic) bond motifs is 4. The Bertz CT molecular complexity index is 2400. The minimum Gasteiger partial charge on any atom is -0.488 e. The van der Waals surface area contributed by atoms with Crippen LogP contribution in [-0.2, 0) is 4.79 Å². The Morgan fingerprint density at radius 1 is 1.22 bits per heavy atom. The van der Waals surface area contributed by atoms with Gasteiger partial charge in [0.2, 0.25) is 5.91 Å². The lowest BCUT2D eigenvalue weighted by atomic mass is 9.92. The normalized spacial score (nSPS) is 30.4. The summed E-state index contributed by atoms with van der Waals surface area (Å²) in [5.74, 6) is 0.590. The van der Waals surface area contributed by atoms with Gasteiger partial charge in [0, 0.05) is 60.8 Å². The molecule has 306 valence electrons. The van der Waals surface area contributed by atoms with Gasteiger partial charge in [-0.15, -0.1) is 11.3 Å². The van der Waals surface area contributed by atoms with E-state index in [1.165, 1.54) is 12.1 Å². The zero-order valence-electron chi connectivity index (χ0n) is 32.2. The zero-order chi connectivity index (χ0) is 40.2. The molecule has 5 unspecified atom stereocenters. The number of thiophene rings is 1. The number of aromatic nitrogens is 2. The van der Waals surface area contributed by atoms with Crippen molar-refractivity contribution in [2.24, 2.45) is 5.92 Å². The molecule has 2 aromatic heterocycles. The number of carbonyl (C=O) groups is 1. The van der Waals surface area contributed by atoms with E-state index in [0.29, 0.717) is 44.1 Å². The number of alkyl halides is 1. The lowest BCUT2D eigenvalue weighted by molar-refractivity contribution is -0.121. The van der Waals surface area contributed by atoms with Gasteiger partial charge in [0.05, 0.1) is 32.3 Å². The molecular weight excluding hydrogens is 809 g/mol. The summed E-state index contributed by atoms with van der Waals surface area (Å²) in [6, 6.07) is 4.41. The molecule has 4 saturated heterocycles. The number of hydrogen-bond donors (Lipinski definition) is 2. The maximum Gasteiger partial charge on any atom is 0.319 e. The van der Waals surface area contributed by atoms with Gasteiger partial charge < -0.3 is 25.4 Å². The Hall–Kier alpha value is -3.75. The Morgan fingerprint density at radius 3 is 2.83 bits per heavy atom. The third kappa shape index (κ3) is 6.24. The number of hydrogen-bond acceptors (Lipinski definition) is 12. The van der Waals surface area contributed by atoms with Crippen molar-refractivity contribution in [2.75, 3.05) is 42.6 Å². The van der Waals surface area contributed by atoms with Crippen LogP contribution in [0.3, 0.4) is 0 Å². The highest BCUT2D eigenvalue weighted by Crippen LogP contribution is 2.53. The van der Waals surface area contributed by atoms with Crippen LogP contribution in [0.1, 0.15) is 70.8 Å². The van der Waals surface area contributed by atoms with Gasteiger partial charge in [-0.05, 0) is 69.5 Å². The summed E-state index contributed by atoms with van der Waals surface area (Å²) in [6.07, 6.45) is 5.00. The fourth-order valence-electron chi connectivity index (χ4n) is 10.3. The van der Waals surface area contributed by atoms with E-state index in [0.717, 1.165) is 55.7 Å². The molecule has 1 aliphatic carbocycles. The minimum absolute atomic E-state index is 0.0211. The number of anilines is 2. The number of piperidine rings is 1. The molecular formula is C41H44ClF3N8O3S2. The molecule has 2 aromatic carbocycles. The number of nitrogen functional groups attached to an aromatic ring is 1. The van der Waals surface area contributed by atoms with E-state index in [9.17, 15) is 14.4 Å². The number of nitrogens with one attached hydrogen (secondary N) is 1.